The summed E-state index contributed by atoms with van der Waals surface area (Å²) in [6, 6.07) is 24.2. The summed E-state index contributed by atoms with van der Waals surface area (Å²) in [5, 5.41) is 6.33. The van der Waals surface area contributed by atoms with Crippen LogP contribution in [0.2, 0.25) is 0 Å². The lowest BCUT2D eigenvalue weighted by Crippen LogP contribution is -2.27. The molecule has 0 unspecified atom stereocenters. The molecule has 0 aliphatic heterocycles. The second kappa shape index (κ2) is 6.20. The molecule has 4 rings (SSSR count). The van der Waals surface area contributed by atoms with Crippen LogP contribution in [0.1, 0.15) is 10.4 Å². The highest BCUT2D eigenvalue weighted by Crippen LogP contribution is 2.18. The molecule has 4 aromatic rings. The summed E-state index contributed by atoms with van der Waals surface area (Å²) in [5.41, 5.74) is 1.92. The molecule has 3 heteroatoms. The van der Waals surface area contributed by atoms with Gasteiger partial charge in [-0.2, -0.15) is 0 Å². The van der Waals surface area contributed by atoms with Crippen LogP contribution >= 0.6 is 0 Å². The van der Waals surface area contributed by atoms with Crippen molar-refractivity contribution in [2.24, 2.45) is 0 Å². The number of hydrogen-bond acceptors (Lipinski definition) is 1. The van der Waals surface area contributed by atoms with Gasteiger partial charge in [-0.05, 0) is 34.4 Å². The summed E-state index contributed by atoms with van der Waals surface area (Å²) >= 11 is 0. The Labute approximate surface area is 140 Å². The van der Waals surface area contributed by atoms with Crippen molar-refractivity contribution in [2.45, 2.75) is 6.54 Å². The molecule has 0 atom stereocenters. The summed E-state index contributed by atoms with van der Waals surface area (Å²) in [6.07, 6.45) is 2.06. The molecule has 3 aromatic carbocycles. The van der Waals surface area contributed by atoms with Crippen LogP contribution in [-0.4, -0.2) is 17.0 Å². The fraction of sp³-hybridized carbons (Fsp3) is 0.0952. The number of carbonyl (C=O) groups is 1. The molecule has 3 nitrogen and oxygen atoms in total. The van der Waals surface area contributed by atoms with E-state index in [1.165, 1.54) is 10.9 Å². The zero-order valence-corrected chi connectivity index (χ0v) is 13.3. The number of carbonyl (C=O) groups excluding carboxylic acids is 1. The molecule has 0 fully saturated rings. The van der Waals surface area contributed by atoms with Crippen molar-refractivity contribution >= 4 is 27.6 Å². The van der Waals surface area contributed by atoms with E-state index in [0.29, 0.717) is 6.54 Å². The van der Waals surface area contributed by atoms with Crippen molar-refractivity contribution < 1.29 is 4.79 Å². The third kappa shape index (κ3) is 2.65. The van der Waals surface area contributed by atoms with Gasteiger partial charge < -0.3 is 9.88 Å². The van der Waals surface area contributed by atoms with Crippen LogP contribution in [0.5, 0.6) is 0 Å². The van der Waals surface area contributed by atoms with Gasteiger partial charge in [-0.3, -0.25) is 4.79 Å². The molecule has 1 aromatic heterocycles. The Morgan fingerprint density at radius 1 is 0.833 bits per heavy atom. The van der Waals surface area contributed by atoms with Gasteiger partial charge in [0.2, 0.25) is 0 Å². The van der Waals surface area contributed by atoms with E-state index < -0.39 is 0 Å². The van der Waals surface area contributed by atoms with Gasteiger partial charge in [0.25, 0.3) is 5.91 Å². The zero-order valence-electron chi connectivity index (χ0n) is 13.3. The van der Waals surface area contributed by atoms with Crippen LogP contribution in [0.15, 0.2) is 79.0 Å². The molecule has 118 valence electrons. The smallest absolute Gasteiger partial charge is 0.251 e. The zero-order chi connectivity index (χ0) is 16.4. The molecule has 0 aliphatic rings. The van der Waals surface area contributed by atoms with Gasteiger partial charge in [0.05, 0.1) is 0 Å². The molecule has 1 amide bonds. The van der Waals surface area contributed by atoms with E-state index in [-0.39, 0.29) is 5.91 Å². The monoisotopic (exact) mass is 314 g/mol. The van der Waals surface area contributed by atoms with Gasteiger partial charge >= 0.3 is 0 Å². The van der Waals surface area contributed by atoms with E-state index >= 15 is 0 Å². The molecule has 0 aliphatic carbocycles. The minimum atomic E-state index is -0.0248. The number of nitrogens with zero attached hydrogens (tertiary/aromatic N) is 1. The van der Waals surface area contributed by atoms with Gasteiger partial charge in [0, 0.05) is 30.4 Å². The predicted molar refractivity (Wildman–Crippen MR) is 98.2 cm³/mol. The summed E-state index contributed by atoms with van der Waals surface area (Å²) in [7, 11) is 0. The fourth-order valence-electron chi connectivity index (χ4n) is 3.14. The standard InChI is InChI=1S/C21H18N2O/c24-21(19-10-5-8-16-6-1-3-9-18(16)19)22-13-15-23-14-12-17-7-2-4-11-20(17)23/h1-12,14H,13,15H2,(H,22,24). The van der Waals surface area contributed by atoms with Crippen LogP contribution in [-0.2, 0) is 6.54 Å². The minimum absolute atomic E-state index is 0.0248. The van der Waals surface area contributed by atoms with Crippen molar-refractivity contribution in [3.63, 3.8) is 0 Å². The molecule has 0 saturated heterocycles. The van der Waals surface area contributed by atoms with Crippen LogP contribution < -0.4 is 5.32 Å². The van der Waals surface area contributed by atoms with Crippen LogP contribution in [0.3, 0.4) is 0 Å². The Morgan fingerprint density at radius 2 is 1.58 bits per heavy atom. The fourth-order valence-corrected chi connectivity index (χ4v) is 3.14. The highest BCUT2D eigenvalue weighted by Gasteiger charge is 2.09. The summed E-state index contributed by atoms with van der Waals surface area (Å²) in [6.45, 7) is 1.35. The summed E-state index contributed by atoms with van der Waals surface area (Å²) < 4.78 is 2.17. The Kier molecular flexibility index (Phi) is 3.75. The number of para-hydroxylation sites is 1. The van der Waals surface area contributed by atoms with Gasteiger partial charge in [-0.25, -0.2) is 0 Å². The summed E-state index contributed by atoms with van der Waals surface area (Å²) in [5.74, 6) is -0.0248. The SMILES string of the molecule is O=C(NCCn1ccc2ccccc21)c1cccc2ccccc12. The van der Waals surface area contributed by atoms with E-state index in [1.807, 2.05) is 54.6 Å². The van der Waals surface area contributed by atoms with Crippen LogP contribution in [0, 0.1) is 0 Å². The van der Waals surface area contributed by atoms with Crippen LogP contribution in [0.25, 0.3) is 21.7 Å². The molecular weight excluding hydrogens is 296 g/mol. The van der Waals surface area contributed by atoms with Crippen molar-refractivity contribution in [1.29, 1.82) is 0 Å². The first kappa shape index (κ1) is 14.5. The predicted octanol–water partition coefficient (Wildman–Crippen LogP) is 4.22. The summed E-state index contributed by atoms with van der Waals surface area (Å²) in [4.78, 5) is 12.5. The highest BCUT2D eigenvalue weighted by atomic mass is 16.1. The van der Waals surface area contributed by atoms with Crippen molar-refractivity contribution in [3.8, 4) is 0 Å². The van der Waals surface area contributed by atoms with Crippen molar-refractivity contribution in [1.82, 2.24) is 9.88 Å². The molecule has 1 N–H and O–H groups in total. The van der Waals surface area contributed by atoms with Gasteiger partial charge in [0.15, 0.2) is 0 Å². The quantitative estimate of drug-likeness (QED) is 0.601. The number of rotatable bonds is 4. The molecule has 24 heavy (non-hydrogen) atoms. The minimum Gasteiger partial charge on any atom is -0.350 e. The average molecular weight is 314 g/mol. The average Bonchev–Trinajstić information content (AvgIpc) is 3.04. The number of aromatic nitrogens is 1. The normalized spacial score (nSPS) is 11.0. The maximum Gasteiger partial charge on any atom is 0.251 e. The van der Waals surface area contributed by atoms with E-state index in [4.69, 9.17) is 0 Å². The maximum atomic E-state index is 12.5. The number of nitrogens with one attached hydrogen (secondary N) is 1. The van der Waals surface area contributed by atoms with E-state index in [1.54, 1.807) is 0 Å². The first-order valence-corrected chi connectivity index (χ1v) is 8.13. The lowest BCUT2D eigenvalue weighted by atomic mass is 10.0. The molecule has 0 saturated carbocycles. The molecule has 0 bridgehead atoms. The largest absolute Gasteiger partial charge is 0.350 e. The van der Waals surface area contributed by atoms with E-state index in [2.05, 4.69) is 34.3 Å². The highest BCUT2D eigenvalue weighted by molar-refractivity contribution is 6.06. The Balaban J connectivity index is 1.48. The second-order valence-corrected chi connectivity index (χ2v) is 5.85. The van der Waals surface area contributed by atoms with Gasteiger partial charge in [0.1, 0.15) is 0 Å². The number of fused-ring (bicyclic) bond motifs is 2. The topological polar surface area (TPSA) is 34.0 Å². The van der Waals surface area contributed by atoms with Gasteiger partial charge in [-0.15, -0.1) is 0 Å². The van der Waals surface area contributed by atoms with Crippen LogP contribution in [0.4, 0.5) is 0 Å². The first-order valence-electron chi connectivity index (χ1n) is 8.13. The Hall–Kier alpha value is -3.07. The molecule has 0 spiro atoms. The first-order chi connectivity index (χ1) is 11.8. The number of amides is 1. The Bertz CT molecular complexity index is 1010. The molecule has 1 heterocycles. The molecular formula is C21H18N2O. The lowest BCUT2D eigenvalue weighted by molar-refractivity contribution is 0.0954. The third-order valence-corrected chi connectivity index (χ3v) is 4.35. The van der Waals surface area contributed by atoms with E-state index in [9.17, 15) is 4.79 Å². The van der Waals surface area contributed by atoms with E-state index in [0.717, 1.165) is 22.9 Å². The second-order valence-electron chi connectivity index (χ2n) is 5.85. The molecule has 0 radical (unpaired) electrons. The maximum absolute atomic E-state index is 12.5. The lowest BCUT2D eigenvalue weighted by Gasteiger charge is -2.09. The van der Waals surface area contributed by atoms with Crippen molar-refractivity contribution in [2.75, 3.05) is 6.54 Å². The third-order valence-electron chi connectivity index (χ3n) is 4.35. The van der Waals surface area contributed by atoms with Gasteiger partial charge in [-0.1, -0.05) is 54.6 Å². The number of hydrogen-bond donors (Lipinski definition) is 1. The number of benzene rings is 3. The van der Waals surface area contributed by atoms with Crippen molar-refractivity contribution in [3.05, 3.63) is 84.6 Å². The Morgan fingerprint density at radius 3 is 2.50 bits per heavy atom.